The second kappa shape index (κ2) is 5.12. The van der Waals surface area contributed by atoms with Crippen molar-refractivity contribution in [2.75, 3.05) is 30.5 Å². The standard InChI is InChI=1S/C12H18N6O2/c1-20-9-10(17-13)15-6-16-11(9)18-4-2-3-7-8(18)5-14-12(7)19/h6-8H,2-5,13H2,1H3,(H,14,19)(H,15,16,17). The van der Waals surface area contributed by atoms with Crippen LogP contribution in [0, 0.1) is 5.92 Å². The summed E-state index contributed by atoms with van der Waals surface area (Å²) in [4.78, 5) is 22.3. The monoisotopic (exact) mass is 278 g/mol. The normalized spacial score (nSPS) is 25.1. The topological polar surface area (TPSA) is 105 Å². The summed E-state index contributed by atoms with van der Waals surface area (Å²) in [6.45, 7) is 1.48. The first-order chi connectivity index (χ1) is 9.76. The van der Waals surface area contributed by atoms with Crippen molar-refractivity contribution in [3.05, 3.63) is 6.33 Å². The molecule has 20 heavy (non-hydrogen) atoms. The van der Waals surface area contributed by atoms with Crippen LogP contribution in [0.3, 0.4) is 0 Å². The van der Waals surface area contributed by atoms with Gasteiger partial charge >= 0.3 is 0 Å². The van der Waals surface area contributed by atoms with E-state index in [-0.39, 0.29) is 17.9 Å². The summed E-state index contributed by atoms with van der Waals surface area (Å²) in [5, 5.41) is 2.92. The summed E-state index contributed by atoms with van der Waals surface area (Å²) in [7, 11) is 1.56. The molecule has 2 atom stereocenters. The van der Waals surface area contributed by atoms with Gasteiger partial charge in [-0.15, -0.1) is 0 Å². The quantitative estimate of drug-likeness (QED) is 0.505. The highest BCUT2D eigenvalue weighted by Gasteiger charge is 2.42. The number of hydrazine groups is 1. The molecule has 0 saturated carbocycles. The first-order valence-electron chi connectivity index (χ1n) is 6.66. The van der Waals surface area contributed by atoms with Crippen molar-refractivity contribution in [1.82, 2.24) is 15.3 Å². The molecule has 2 unspecified atom stereocenters. The van der Waals surface area contributed by atoms with E-state index in [4.69, 9.17) is 10.6 Å². The number of hydrogen-bond donors (Lipinski definition) is 3. The van der Waals surface area contributed by atoms with E-state index in [9.17, 15) is 4.79 Å². The highest BCUT2D eigenvalue weighted by Crippen LogP contribution is 2.37. The van der Waals surface area contributed by atoms with Gasteiger partial charge in [-0.3, -0.25) is 4.79 Å². The number of rotatable bonds is 3. The minimum absolute atomic E-state index is 0.0257. The molecular formula is C12H18N6O2. The molecule has 3 heterocycles. The van der Waals surface area contributed by atoms with Crippen molar-refractivity contribution in [2.24, 2.45) is 11.8 Å². The Kier molecular flexibility index (Phi) is 3.31. The molecule has 4 N–H and O–H groups in total. The molecule has 1 aromatic rings. The third-order valence-corrected chi connectivity index (χ3v) is 4.00. The number of nitrogens with one attached hydrogen (secondary N) is 2. The van der Waals surface area contributed by atoms with Gasteiger partial charge < -0.3 is 20.4 Å². The molecule has 0 bridgehead atoms. The Morgan fingerprint density at radius 1 is 1.55 bits per heavy atom. The SMILES string of the molecule is COc1c(NN)ncnc1N1CCCC2C(=O)NCC21. The van der Waals surface area contributed by atoms with E-state index in [1.165, 1.54) is 6.33 Å². The van der Waals surface area contributed by atoms with Crippen molar-refractivity contribution in [3.8, 4) is 5.75 Å². The van der Waals surface area contributed by atoms with Gasteiger partial charge in [0.1, 0.15) is 6.33 Å². The molecule has 2 fully saturated rings. The van der Waals surface area contributed by atoms with Gasteiger partial charge in [0.05, 0.1) is 19.1 Å². The number of piperidine rings is 1. The third kappa shape index (κ3) is 1.92. The molecule has 8 nitrogen and oxygen atoms in total. The first-order valence-corrected chi connectivity index (χ1v) is 6.66. The van der Waals surface area contributed by atoms with E-state index < -0.39 is 0 Å². The number of nitrogens with two attached hydrogens (primary N) is 1. The van der Waals surface area contributed by atoms with Crippen molar-refractivity contribution >= 4 is 17.5 Å². The maximum Gasteiger partial charge on any atom is 0.225 e. The number of methoxy groups -OCH3 is 1. The predicted molar refractivity (Wildman–Crippen MR) is 73.3 cm³/mol. The Morgan fingerprint density at radius 3 is 3.15 bits per heavy atom. The number of carbonyl (C=O) groups is 1. The second-order valence-electron chi connectivity index (χ2n) is 4.98. The molecule has 3 rings (SSSR count). The zero-order valence-electron chi connectivity index (χ0n) is 11.3. The van der Waals surface area contributed by atoms with Gasteiger partial charge in [0.15, 0.2) is 11.6 Å². The number of aromatic nitrogens is 2. The van der Waals surface area contributed by atoms with Crippen LogP contribution in [0.15, 0.2) is 6.33 Å². The summed E-state index contributed by atoms with van der Waals surface area (Å²) in [6.07, 6.45) is 3.32. The van der Waals surface area contributed by atoms with Crippen LogP contribution in [0.25, 0.3) is 0 Å². The molecule has 2 saturated heterocycles. The van der Waals surface area contributed by atoms with E-state index >= 15 is 0 Å². The molecule has 2 aliphatic rings. The molecule has 2 aliphatic heterocycles. The summed E-state index contributed by atoms with van der Waals surface area (Å²) in [5.74, 6) is 7.24. The molecule has 8 heteroatoms. The van der Waals surface area contributed by atoms with E-state index in [1.54, 1.807) is 7.11 Å². The lowest BCUT2D eigenvalue weighted by atomic mass is 9.91. The minimum Gasteiger partial charge on any atom is -0.490 e. The highest BCUT2D eigenvalue weighted by molar-refractivity contribution is 5.83. The van der Waals surface area contributed by atoms with Crippen LogP contribution in [-0.2, 0) is 4.79 Å². The molecule has 0 radical (unpaired) electrons. The molecule has 0 spiro atoms. The fourth-order valence-electron chi connectivity index (χ4n) is 3.07. The van der Waals surface area contributed by atoms with Crippen LogP contribution < -0.4 is 26.2 Å². The average molecular weight is 278 g/mol. The zero-order chi connectivity index (χ0) is 14.1. The summed E-state index contributed by atoms with van der Waals surface area (Å²) >= 11 is 0. The van der Waals surface area contributed by atoms with E-state index in [0.29, 0.717) is 23.9 Å². The van der Waals surface area contributed by atoms with Gasteiger partial charge in [0.25, 0.3) is 0 Å². The van der Waals surface area contributed by atoms with Gasteiger partial charge in [0, 0.05) is 13.1 Å². The van der Waals surface area contributed by atoms with E-state index in [1.807, 2.05) is 0 Å². The van der Waals surface area contributed by atoms with Crippen molar-refractivity contribution in [1.29, 1.82) is 0 Å². The summed E-state index contributed by atoms with van der Waals surface area (Å²) in [6, 6.07) is 0.116. The number of nitrogen functional groups attached to an aromatic ring is 1. The molecule has 1 amide bonds. The number of fused-ring (bicyclic) bond motifs is 1. The van der Waals surface area contributed by atoms with Gasteiger partial charge in [0.2, 0.25) is 11.7 Å². The van der Waals surface area contributed by atoms with E-state index in [2.05, 4.69) is 25.6 Å². The van der Waals surface area contributed by atoms with Gasteiger partial charge in [-0.2, -0.15) is 0 Å². The van der Waals surface area contributed by atoms with Crippen LogP contribution in [0.2, 0.25) is 0 Å². The number of carbonyl (C=O) groups excluding carboxylic acids is 1. The predicted octanol–water partition coefficient (Wildman–Crippen LogP) is -0.514. The molecule has 0 aliphatic carbocycles. The number of ether oxygens (including phenoxy) is 1. The maximum absolute atomic E-state index is 11.8. The van der Waals surface area contributed by atoms with Crippen molar-refractivity contribution < 1.29 is 9.53 Å². The van der Waals surface area contributed by atoms with Crippen LogP contribution in [-0.4, -0.2) is 42.1 Å². The van der Waals surface area contributed by atoms with E-state index in [0.717, 1.165) is 19.4 Å². The van der Waals surface area contributed by atoms with Gasteiger partial charge in [-0.05, 0) is 12.8 Å². The third-order valence-electron chi connectivity index (χ3n) is 4.00. The summed E-state index contributed by atoms with van der Waals surface area (Å²) in [5.41, 5.74) is 2.51. The zero-order valence-corrected chi connectivity index (χ0v) is 11.3. The molecule has 1 aromatic heterocycles. The number of hydrogen-bond acceptors (Lipinski definition) is 7. The lowest BCUT2D eigenvalue weighted by molar-refractivity contribution is -0.123. The van der Waals surface area contributed by atoms with Crippen LogP contribution in [0.5, 0.6) is 5.75 Å². The highest BCUT2D eigenvalue weighted by atomic mass is 16.5. The fourth-order valence-corrected chi connectivity index (χ4v) is 3.07. The van der Waals surface area contributed by atoms with Crippen LogP contribution in [0.4, 0.5) is 11.6 Å². The lowest BCUT2D eigenvalue weighted by Gasteiger charge is -2.37. The Hall–Kier alpha value is -2.09. The Labute approximate surface area is 116 Å². The van der Waals surface area contributed by atoms with Gasteiger partial charge in [-0.1, -0.05) is 0 Å². The number of nitrogens with zero attached hydrogens (tertiary/aromatic N) is 3. The molecule has 0 aromatic carbocycles. The minimum atomic E-state index is 0.0257. The van der Waals surface area contributed by atoms with Gasteiger partial charge in [-0.25, -0.2) is 15.8 Å². The largest absolute Gasteiger partial charge is 0.490 e. The Morgan fingerprint density at radius 2 is 2.40 bits per heavy atom. The number of amides is 1. The molecular weight excluding hydrogens is 260 g/mol. The Balaban J connectivity index is 1.98. The fraction of sp³-hybridized carbons (Fsp3) is 0.583. The molecule has 108 valence electrons. The van der Waals surface area contributed by atoms with Crippen LogP contribution >= 0.6 is 0 Å². The maximum atomic E-state index is 11.8. The average Bonchev–Trinajstić information content (AvgIpc) is 2.88. The summed E-state index contributed by atoms with van der Waals surface area (Å²) < 4.78 is 5.38. The second-order valence-corrected chi connectivity index (χ2v) is 4.98. The number of anilines is 2. The lowest BCUT2D eigenvalue weighted by Crippen LogP contribution is -2.46. The van der Waals surface area contributed by atoms with Crippen molar-refractivity contribution in [2.45, 2.75) is 18.9 Å². The smallest absolute Gasteiger partial charge is 0.225 e. The Bertz CT molecular complexity index is 523. The van der Waals surface area contributed by atoms with Crippen molar-refractivity contribution in [3.63, 3.8) is 0 Å². The van der Waals surface area contributed by atoms with Crippen LogP contribution in [0.1, 0.15) is 12.8 Å². The first kappa shape index (κ1) is 12.9.